The number of hydrogen-bond acceptors (Lipinski definition) is 3. The molecule has 3 aliphatic rings. The first kappa shape index (κ1) is 12.7. The van der Waals surface area contributed by atoms with Gasteiger partial charge in [-0.1, -0.05) is 19.1 Å². The van der Waals surface area contributed by atoms with Gasteiger partial charge in [0, 0.05) is 13.1 Å². The Morgan fingerprint density at radius 3 is 2.58 bits per heavy atom. The summed E-state index contributed by atoms with van der Waals surface area (Å²) in [6.45, 7) is 3.61. The van der Waals surface area contributed by atoms with Gasteiger partial charge in [-0.15, -0.1) is 0 Å². The third kappa shape index (κ3) is 2.06. The lowest BCUT2D eigenvalue weighted by atomic mass is 9.81. The minimum absolute atomic E-state index is 0.0456. The zero-order valence-corrected chi connectivity index (χ0v) is 11.0. The van der Waals surface area contributed by atoms with Crippen LogP contribution < -0.4 is 0 Å². The van der Waals surface area contributed by atoms with E-state index in [1.54, 1.807) is 6.08 Å². The molecule has 0 radical (unpaired) electrons. The van der Waals surface area contributed by atoms with Crippen molar-refractivity contribution in [3.8, 4) is 0 Å². The summed E-state index contributed by atoms with van der Waals surface area (Å²) >= 11 is 0. The van der Waals surface area contributed by atoms with E-state index in [4.69, 9.17) is 4.74 Å². The number of carboxylic acid groups (broad SMARTS) is 1. The summed E-state index contributed by atoms with van der Waals surface area (Å²) < 4.78 is 5.56. The maximum Gasteiger partial charge on any atom is 0.310 e. The summed E-state index contributed by atoms with van der Waals surface area (Å²) in [7, 11) is 0. The highest BCUT2D eigenvalue weighted by atomic mass is 16.5. The number of carbonyl (C=O) groups excluding carboxylic acids is 1. The summed E-state index contributed by atoms with van der Waals surface area (Å²) in [5.74, 6) is -1.75. The van der Waals surface area contributed by atoms with Crippen LogP contribution in [-0.4, -0.2) is 47.2 Å². The first-order valence-electron chi connectivity index (χ1n) is 6.93. The predicted molar refractivity (Wildman–Crippen MR) is 67.4 cm³/mol. The lowest BCUT2D eigenvalue weighted by molar-refractivity contribution is -0.150. The van der Waals surface area contributed by atoms with Crippen molar-refractivity contribution in [2.45, 2.75) is 32.0 Å². The van der Waals surface area contributed by atoms with Gasteiger partial charge in [0.15, 0.2) is 0 Å². The van der Waals surface area contributed by atoms with Crippen LogP contribution in [0.2, 0.25) is 0 Å². The SMILES string of the molecule is CC1CCCN(C(=O)C2C3C=CC(O3)C2C(=O)O)C1. The Morgan fingerprint density at radius 2 is 1.95 bits per heavy atom. The number of piperidine rings is 1. The summed E-state index contributed by atoms with van der Waals surface area (Å²) in [6, 6.07) is 0. The van der Waals surface area contributed by atoms with Gasteiger partial charge in [0.1, 0.15) is 5.92 Å². The third-order valence-electron chi connectivity index (χ3n) is 4.44. The molecule has 3 aliphatic heterocycles. The molecule has 2 fully saturated rings. The monoisotopic (exact) mass is 265 g/mol. The van der Waals surface area contributed by atoms with E-state index in [-0.39, 0.29) is 12.0 Å². The van der Waals surface area contributed by atoms with Gasteiger partial charge in [0.05, 0.1) is 18.1 Å². The number of ether oxygens (including phenoxy) is 1. The molecule has 0 spiro atoms. The van der Waals surface area contributed by atoms with Crippen molar-refractivity contribution in [3.05, 3.63) is 12.2 Å². The van der Waals surface area contributed by atoms with Crippen LogP contribution in [0.15, 0.2) is 12.2 Å². The maximum atomic E-state index is 12.6. The first-order chi connectivity index (χ1) is 9.08. The van der Waals surface area contributed by atoms with Crippen molar-refractivity contribution in [2.24, 2.45) is 17.8 Å². The van der Waals surface area contributed by atoms with Gasteiger partial charge >= 0.3 is 5.97 Å². The van der Waals surface area contributed by atoms with E-state index in [2.05, 4.69) is 6.92 Å². The second-order valence-electron chi connectivity index (χ2n) is 5.87. The molecule has 19 heavy (non-hydrogen) atoms. The molecule has 3 heterocycles. The standard InChI is InChI=1S/C14H19NO4/c1-8-3-2-6-15(7-8)13(16)11-9-4-5-10(19-9)12(11)14(17)18/h4-5,8-12H,2-3,6-7H2,1H3,(H,17,18). The molecule has 0 aliphatic carbocycles. The van der Waals surface area contributed by atoms with Crippen molar-refractivity contribution in [3.63, 3.8) is 0 Å². The van der Waals surface area contributed by atoms with Gasteiger partial charge in [-0.05, 0) is 18.8 Å². The van der Waals surface area contributed by atoms with Crippen LogP contribution in [0, 0.1) is 17.8 Å². The van der Waals surface area contributed by atoms with Crippen molar-refractivity contribution < 1.29 is 19.4 Å². The highest BCUT2D eigenvalue weighted by Gasteiger charge is 2.54. The van der Waals surface area contributed by atoms with Crippen LogP contribution in [0.3, 0.4) is 0 Å². The zero-order chi connectivity index (χ0) is 13.6. The number of carboxylic acids is 1. The zero-order valence-electron chi connectivity index (χ0n) is 11.0. The Balaban J connectivity index is 1.78. The molecule has 1 amide bonds. The Labute approximate surface area is 112 Å². The van der Waals surface area contributed by atoms with E-state index >= 15 is 0 Å². The Bertz CT molecular complexity index is 433. The molecule has 3 rings (SSSR count). The second-order valence-corrected chi connectivity index (χ2v) is 5.87. The molecule has 5 unspecified atom stereocenters. The topological polar surface area (TPSA) is 66.8 Å². The number of hydrogen-bond donors (Lipinski definition) is 1. The van der Waals surface area contributed by atoms with E-state index in [0.29, 0.717) is 5.92 Å². The lowest BCUT2D eigenvalue weighted by Crippen LogP contribution is -2.48. The normalized spacial score (nSPS) is 40.7. The summed E-state index contributed by atoms with van der Waals surface area (Å²) in [5, 5.41) is 9.32. The molecule has 104 valence electrons. The van der Waals surface area contributed by atoms with E-state index < -0.39 is 23.9 Å². The number of nitrogens with zero attached hydrogens (tertiary/aromatic N) is 1. The smallest absolute Gasteiger partial charge is 0.310 e. The molecule has 0 aromatic rings. The van der Waals surface area contributed by atoms with E-state index in [9.17, 15) is 14.7 Å². The Hall–Kier alpha value is -1.36. The molecule has 5 nitrogen and oxygen atoms in total. The Kier molecular flexibility index (Phi) is 3.09. The largest absolute Gasteiger partial charge is 0.481 e. The highest BCUT2D eigenvalue weighted by Crippen LogP contribution is 2.40. The predicted octanol–water partition coefficient (Wildman–Crippen LogP) is 0.899. The van der Waals surface area contributed by atoms with Crippen LogP contribution in [0.25, 0.3) is 0 Å². The molecule has 2 saturated heterocycles. The van der Waals surface area contributed by atoms with Crippen LogP contribution in [0.1, 0.15) is 19.8 Å². The molecule has 5 atom stereocenters. The number of amides is 1. The fraction of sp³-hybridized carbons (Fsp3) is 0.714. The van der Waals surface area contributed by atoms with Gasteiger partial charge in [0.25, 0.3) is 0 Å². The van der Waals surface area contributed by atoms with Crippen molar-refractivity contribution >= 4 is 11.9 Å². The van der Waals surface area contributed by atoms with E-state index in [1.807, 2.05) is 11.0 Å². The first-order valence-corrected chi connectivity index (χ1v) is 6.93. The number of rotatable bonds is 2. The number of likely N-dealkylation sites (tertiary alicyclic amines) is 1. The average molecular weight is 265 g/mol. The van der Waals surface area contributed by atoms with Gasteiger partial charge in [-0.25, -0.2) is 0 Å². The van der Waals surface area contributed by atoms with Crippen LogP contribution in [-0.2, 0) is 14.3 Å². The Morgan fingerprint density at radius 1 is 1.26 bits per heavy atom. The van der Waals surface area contributed by atoms with Gasteiger partial charge < -0.3 is 14.7 Å². The molecular formula is C14H19NO4. The summed E-state index contributed by atoms with van der Waals surface area (Å²) in [6.07, 6.45) is 4.96. The number of fused-ring (bicyclic) bond motifs is 2. The lowest BCUT2D eigenvalue weighted by Gasteiger charge is -2.34. The minimum Gasteiger partial charge on any atom is -0.481 e. The maximum absolute atomic E-state index is 12.6. The van der Waals surface area contributed by atoms with E-state index in [1.165, 1.54) is 0 Å². The molecule has 1 N–H and O–H groups in total. The van der Waals surface area contributed by atoms with Gasteiger partial charge in [-0.2, -0.15) is 0 Å². The van der Waals surface area contributed by atoms with Crippen LogP contribution >= 0.6 is 0 Å². The fourth-order valence-electron chi connectivity index (χ4n) is 3.50. The second kappa shape index (κ2) is 4.63. The fourth-order valence-corrected chi connectivity index (χ4v) is 3.50. The van der Waals surface area contributed by atoms with Crippen molar-refractivity contribution in [1.82, 2.24) is 4.90 Å². The van der Waals surface area contributed by atoms with Crippen LogP contribution in [0.5, 0.6) is 0 Å². The minimum atomic E-state index is -0.930. The third-order valence-corrected chi connectivity index (χ3v) is 4.44. The molecule has 2 bridgehead atoms. The molecule has 5 heteroatoms. The average Bonchev–Trinajstić information content (AvgIpc) is 2.97. The molecule has 0 aromatic heterocycles. The number of aliphatic carboxylic acids is 1. The van der Waals surface area contributed by atoms with Gasteiger partial charge in [-0.3, -0.25) is 9.59 Å². The molecule has 0 saturated carbocycles. The van der Waals surface area contributed by atoms with Gasteiger partial charge in [0.2, 0.25) is 5.91 Å². The highest BCUT2D eigenvalue weighted by molar-refractivity contribution is 5.87. The van der Waals surface area contributed by atoms with Crippen LogP contribution in [0.4, 0.5) is 0 Å². The van der Waals surface area contributed by atoms with E-state index in [0.717, 1.165) is 25.9 Å². The van der Waals surface area contributed by atoms with Crippen molar-refractivity contribution in [1.29, 1.82) is 0 Å². The quantitative estimate of drug-likeness (QED) is 0.753. The summed E-state index contributed by atoms with van der Waals surface area (Å²) in [4.78, 5) is 25.8. The molecular weight excluding hydrogens is 246 g/mol. The van der Waals surface area contributed by atoms with Crippen molar-refractivity contribution in [2.75, 3.05) is 13.1 Å². The molecule has 0 aromatic carbocycles. The summed E-state index contributed by atoms with van der Waals surface area (Å²) in [5.41, 5.74) is 0. The number of carbonyl (C=O) groups is 2.